The Hall–Kier alpha value is -2.39. The summed E-state index contributed by atoms with van der Waals surface area (Å²) >= 11 is 5.92. The van der Waals surface area contributed by atoms with Crippen molar-refractivity contribution < 1.29 is 0 Å². The maximum Gasteiger partial charge on any atom is 0.270 e. The number of benzene rings is 2. The molecule has 22 heavy (non-hydrogen) atoms. The molecule has 0 atom stereocenters. The lowest BCUT2D eigenvalue weighted by molar-refractivity contribution is 0.638. The molecule has 3 nitrogen and oxygen atoms in total. The van der Waals surface area contributed by atoms with Gasteiger partial charge in [0.25, 0.3) is 5.56 Å². The first-order valence-electron chi connectivity index (χ1n) is 7.02. The van der Waals surface area contributed by atoms with Crippen LogP contribution in [-0.4, -0.2) is 9.78 Å². The molecule has 0 aliphatic rings. The molecule has 0 aliphatic carbocycles. The molecule has 0 unspecified atom stereocenters. The summed E-state index contributed by atoms with van der Waals surface area (Å²) in [7, 11) is 0. The van der Waals surface area contributed by atoms with Crippen LogP contribution in [0.4, 0.5) is 0 Å². The second-order valence-corrected chi connectivity index (χ2v) is 5.60. The Bertz CT molecular complexity index is 839. The predicted molar refractivity (Wildman–Crippen MR) is 89.2 cm³/mol. The van der Waals surface area contributed by atoms with Crippen LogP contribution >= 0.6 is 11.6 Å². The molecular formula is C18H15ClN2O. The van der Waals surface area contributed by atoms with Crippen LogP contribution in [0.1, 0.15) is 11.1 Å². The van der Waals surface area contributed by atoms with E-state index >= 15 is 0 Å². The van der Waals surface area contributed by atoms with Crippen molar-refractivity contribution in [1.29, 1.82) is 0 Å². The predicted octanol–water partition coefficient (Wildman–Crippen LogP) is 3.92. The lowest BCUT2D eigenvalue weighted by Gasteiger charge is -2.09. The van der Waals surface area contributed by atoms with Crippen molar-refractivity contribution in [2.45, 2.75) is 13.5 Å². The summed E-state index contributed by atoms with van der Waals surface area (Å²) in [5.41, 5.74) is 3.36. The first kappa shape index (κ1) is 14.5. The van der Waals surface area contributed by atoms with E-state index in [1.54, 1.807) is 0 Å². The standard InChI is InChI=1S/C18H15ClN2O/c1-13-11-17(15-7-9-16(19)10-8-15)20-21(18(13)22)12-14-5-3-2-4-6-14/h2-11H,12H2,1H3. The minimum atomic E-state index is -0.0680. The van der Waals surface area contributed by atoms with Gasteiger partial charge in [0, 0.05) is 16.1 Å². The van der Waals surface area contributed by atoms with E-state index in [0.717, 1.165) is 16.8 Å². The minimum Gasteiger partial charge on any atom is -0.268 e. The first-order valence-corrected chi connectivity index (χ1v) is 7.40. The third-order valence-electron chi connectivity index (χ3n) is 3.47. The summed E-state index contributed by atoms with van der Waals surface area (Å²) < 4.78 is 1.51. The molecule has 3 rings (SSSR count). The Labute approximate surface area is 133 Å². The monoisotopic (exact) mass is 310 g/mol. The second kappa shape index (κ2) is 6.16. The summed E-state index contributed by atoms with van der Waals surface area (Å²) in [6, 6.07) is 19.1. The zero-order valence-corrected chi connectivity index (χ0v) is 12.9. The van der Waals surface area contributed by atoms with Gasteiger partial charge in [-0.2, -0.15) is 5.10 Å². The highest BCUT2D eigenvalue weighted by Gasteiger charge is 2.07. The van der Waals surface area contributed by atoms with Crippen molar-refractivity contribution in [3.05, 3.63) is 87.2 Å². The van der Waals surface area contributed by atoms with E-state index in [0.29, 0.717) is 17.1 Å². The second-order valence-electron chi connectivity index (χ2n) is 5.17. The zero-order chi connectivity index (χ0) is 15.5. The van der Waals surface area contributed by atoms with Gasteiger partial charge in [0.15, 0.2) is 0 Å². The number of halogens is 1. The molecule has 0 saturated carbocycles. The average molecular weight is 311 g/mol. The number of aryl methyl sites for hydroxylation is 1. The van der Waals surface area contributed by atoms with E-state index in [1.807, 2.05) is 67.6 Å². The van der Waals surface area contributed by atoms with Gasteiger partial charge in [-0.15, -0.1) is 0 Å². The Kier molecular flexibility index (Phi) is 4.07. The van der Waals surface area contributed by atoms with Gasteiger partial charge in [0.1, 0.15) is 0 Å². The Balaban J connectivity index is 2.03. The summed E-state index contributed by atoms with van der Waals surface area (Å²) in [6.45, 7) is 2.27. The number of hydrogen-bond acceptors (Lipinski definition) is 2. The molecule has 1 aromatic heterocycles. The number of aromatic nitrogens is 2. The molecule has 0 N–H and O–H groups in total. The summed E-state index contributed by atoms with van der Waals surface area (Å²) in [5, 5.41) is 5.17. The van der Waals surface area contributed by atoms with Crippen LogP contribution in [0.15, 0.2) is 65.5 Å². The van der Waals surface area contributed by atoms with Crippen molar-refractivity contribution in [2.75, 3.05) is 0 Å². The van der Waals surface area contributed by atoms with Crippen LogP contribution in [0.25, 0.3) is 11.3 Å². The highest BCUT2D eigenvalue weighted by atomic mass is 35.5. The van der Waals surface area contributed by atoms with E-state index in [4.69, 9.17) is 11.6 Å². The molecule has 4 heteroatoms. The van der Waals surface area contributed by atoms with Gasteiger partial charge in [0.2, 0.25) is 0 Å². The largest absolute Gasteiger partial charge is 0.270 e. The van der Waals surface area contributed by atoms with Crippen LogP contribution in [0.5, 0.6) is 0 Å². The van der Waals surface area contributed by atoms with E-state index < -0.39 is 0 Å². The fourth-order valence-corrected chi connectivity index (χ4v) is 2.43. The highest BCUT2D eigenvalue weighted by molar-refractivity contribution is 6.30. The molecule has 0 amide bonds. The average Bonchev–Trinajstić information content (AvgIpc) is 2.53. The highest BCUT2D eigenvalue weighted by Crippen LogP contribution is 2.19. The lowest BCUT2D eigenvalue weighted by atomic mass is 10.1. The zero-order valence-electron chi connectivity index (χ0n) is 12.2. The normalized spacial score (nSPS) is 10.6. The van der Waals surface area contributed by atoms with Gasteiger partial charge in [-0.1, -0.05) is 54.1 Å². The third kappa shape index (κ3) is 3.10. The fraction of sp³-hybridized carbons (Fsp3) is 0.111. The van der Waals surface area contributed by atoms with Crippen LogP contribution in [0, 0.1) is 6.92 Å². The molecule has 0 radical (unpaired) electrons. The van der Waals surface area contributed by atoms with Crippen molar-refractivity contribution in [1.82, 2.24) is 9.78 Å². The summed E-state index contributed by atoms with van der Waals surface area (Å²) in [4.78, 5) is 12.3. The van der Waals surface area contributed by atoms with E-state index in [9.17, 15) is 4.79 Å². The molecule has 1 heterocycles. The maximum atomic E-state index is 12.3. The van der Waals surface area contributed by atoms with Crippen molar-refractivity contribution >= 4 is 11.6 Å². The van der Waals surface area contributed by atoms with E-state index in [-0.39, 0.29) is 5.56 Å². The van der Waals surface area contributed by atoms with Crippen molar-refractivity contribution in [3.8, 4) is 11.3 Å². The molecule has 0 fully saturated rings. The molecule has 3 aromatic rings. The van der Waals surface area contributed by atoms with Crippen LogP contribution in [-0.2, 0) is 6.54 Å². The Morgan fingerprint density at radius 1 is 1.05 bits per heavy atom. The Morgan fingerprint density at radius 3 is 2.41 bits per heavy atom. The van der Waals surface area contributed by atoms with Gasteiger partial charge in [-0.05, 0) is 30.7 Å². The third-order valence-corrected chi connectivity index (χ3v) is 3.72. The smallest absolute Gasteiger partial charge is 0.268 e. The van der Waals surface area contributed by atoms with Crippen LogP contribution in [0.2, 0.25) is 5.02 Å². The van der Waals surface area contributed by atoms with Gasteiger partial charge < -0.3 is 0 Å². The SMILES string of the molecule is Cc1cc(-c2ccc(Cl)cc2)nn(Cc2ccccc2)c1=O. The topological polar surface area (TPSA) is 34.9 Å². The summed E-state index contributed by atoms with van der Waals surface area (Å²) in [5.74, 6) is 0. The molecule has 0 spiro atoms. The van der Waals surface area contributed by atoms with Gasteiger partial charge in [-0.3, -0.25) is 4.79 Å². The number of nitrogens with zero attached hydrogens (tertiary/aromatic N) is 2. The molecule has 0 bridgehead atoms. The van der Waals surface area contributed by atoms with E-state index in [2.05, 4.69) is 5.10 Å². The summed E-state index contributed by atoms with van der Waals surface area (Å²) in [6.07, 6.45) is 0. The van der Waals surface area contributed by atoms with Crippen LogP contribution in [0.3, 0.4) is 0 Å². The van der Waals surface area contributed by atoms with E-state index in [1.165, 1.54) is 4.68 Å². The van der Waals surface area contributed by atoms with Gasteiger partial charge >= 0.3 is 0 Å². The fourth-order valence-electron chi connectivity index (χ4n) is 2.30. The maximum absolute atomic E-state index is 12.3. The quantitative estimate of drug-likeness (QED) is 0.735. The number of rotatable bonds is 3. The van der Waals surface area contributed by atoms with Gasteiger partial charge in [-0.25, -0.2) is 4.68 Å². The molecular weight excluding hydrogens is 296 g/mol. The van der Waals surface area contributed by atoms with Crippen molar-refractivity contribution in [2.24, 2.45) is 0 Å². The van der Waals surface area contributed by atoms with Crippen LogP contribution < -0.4 is 5.56 Å². The molecule has 110 valence electrons. The van der Waals surface area contributed by atoms with Gasteiger partial charge in [0.05, 0.1) is 12.2 Å². The van der Waals surface area contributed by atoms with Crippen molar-refractivity contribution in [3.63, 3.8) is 0 Å². The molecule has 0 saturated heterocycles. The first-order chi connectivity index (χ1) is 10.6. The lowest BCUT2D eigenvalue weighted by Crippen LogP contribution is -2.25. The molecule has 0 aliphatic heterocycles. The number of hydrogen-bond donors (Lipinski definition) is 0. The Morgan fingerprint density at radius 2 is 1.73 bits per heavy atom. The minimum absolute atomic E-state index is 0.0680. The molecule has 2 aromatic carbocycles.